The molecule has 0 bridgehead atoms. The van der Waals surface area contributed by atoms with Crippen molar-refractivity contribution in [2.45, 2.75) is 51.6 Å². The molecule has 0 fully saturated rings. The number of fused-ring (bicyclic) bond motifs is 1. The number of halogens is 2. The average molecular weight is 361 g/mol. The van der Waals surface area contributed by atoms with Gasteiger partial charge in [0.2, 0.25) is 0 Å². The van der Waals surface area contributed by atoms with E-state index in [0.29, 0.717) is 6.07 Å². The molecule has 1 aliphatic carbocycles. The van der Waals surface area contributed by atoms with Crippen LogP contribution in [-0.4, -0.2) is 21.7 Å². The Morgan fingerprint density at radius 1 is 1.23 bits per heavy atom. The van der Waals surface area contributed by atoms with Gasteiger partial charge in [0.05, 0.1) is 17.8 Å². The Labute approximate surface area is 150 Å². The van der Waals surface area contributed by atoms with E-state index in [1.54, 1.807) is 13.0 Å². The Kier molecular flexibility index (Phi) is 5.44. The van der Waals surface area contributed by atoms with Crippen molar-refractivity contribution in [2.24, 2.45) is 0 Å². The quantitative estimate of drug-likeness (QED) is 0.852. The number of hydrogen-bond donors (Lipinski definition) is 1. The minimum atomic E-state index is -0.921. The van der Waals surface area contributed by atoms with Crippen molar-refractivity contribution in [3.05, 3.63) is 63.1 Å². The van der Waals surface area contributed by atoms with Gasteiger partial charge < -0.3 is 5.32 Å². The molecule has 1 amide bonds. The van der Waals surface area contributed by atoms with Gasteiger partial charge in [-0.2, -0.15) is 5.10 Å². The number of nitrogens with zero attached hydrogens (tertiary/aromatic N) is 2. The van der Waals surface area contributed by atoms with E-state index in [4.69, 9.17) is 0 Å². The first-order valence-electron chi connectivity index (χ1n) is 8.80. The molecule has 0 saturated heterocycles. The number of hydrogen-bond acceptors (Lipinski definition) is 3. The first kappa shape index (κ1) is 18.2. The van der Waals surface area contributed by atoms with Crippen LogP contribution in [0.15, 0.2) is 29.1 Å². The highest BCUT2D eigenvalue weighted by atomic mass is 19.1. The summed E-state index contributed by atoms with van der Waals surface area (Å²) in [7, 11) is 0. The van der Waals surface area contributed by atoms with Crippen molar-refractivity contribution in [3.8, 4) is 0 Å². The van der Waals surface area contributed by atoms with Crippen molar-refractivity contribution >= 4 is 5.91 Å². The second kappa shape index (κ2) is 7.76. The molecule has 1 heterocycles. The lowest BCUT2D eigenvalue weighted by atomic mass is 10.1. The summed E-state index contributed by atoms with van der Waals surface area (Å²) >= 11 is 0. The maximum Gasteiger partial charge on any atom is 0.267 e. The molecule has 0 spiro atoms. The SMILES string of the molecule is C[C@H](Cn1nc2c(cc1=O)CCCCC2)NC(=O)c1ccc(F)cc1F. The van der Waals surface area contributed by atoms with Gasteiger partial charge in [-0.15, -0.1) is 0 Å². The van der Waals surface area contributed by atoms with Crippen LogP contribution >= 0.6 is 0 Å². The average Bonchev–Trinajstić information content (AvgIpc) is 2.79. The highest BCUT2D eigenvalue weighted by Crippen LogP contribution is 2.17. The predicted molar refractivity (Wildman–Crippen MR) is 93.0 cm³/mol. The van der Waals surface area contributed by atoms with Crippen molar-refractivity contribution in [1.82, 2.24) is 15.1 Å². The van der Waals surface area contributed by atoms with Crippen LogP contribution in [0.5, 0.6) is 0 Å². The fourth-order valence-corrected chi connectivity index (χ4v) is 3.19. The van der Waals surface area contributed by atoms with Gasteiger partial charge in [-0.05, 0) is 50.3 Å². The van der Waals surface area contributed by atoms with Gasteiger partial charge in [0.1, 0.15) is 11.6 Å². The Morgan fingerprint density at radius 2 is 2.00 bits per heavy atom. The second-order valence-corrected chi connectivity index (χ2v) is 6.70. The topological polar surface area (TPSA) is 64.0 Å². The minimum Gasteiger partial charge on any atom is -0.348 e. The predicted octanol–water partition coefficient (Wildman–Crippen LogP) is 2.61. The molecule has 0 radical (unpaired) electrons. The maximum atomic E-state index is 13.7. The molecule has 0 saturated carbocycles. The van der Waals surface area contributed by atoms with Gasteiger partial charge in [0.15, 0.2) is 0 Å². The van der Waals surface area contributed by atoms with Crippen LogP contribution in [0.2, 0.25) is 0 Å². The Balaban J connectivity index is 1.71. The zero-order chi connectivity index (χ0) is 18.7. The van der Waals surface area contributed by atoms with E-state index in [0.717, 1.165) is 55.5 Å². The number of nitrogens with one attached hydrogen (secondary N) is 1. The van der Waals surface area contributed by atoms with E-state index in [-0.39, 0.29) is 17.7 Å². The van der Waals surface area contributed by atoms with E-state index in [1.165, 1.54) is 4.68 Å². The molecule has 0 unspecified atom stereocenters. The first-order valence-corrected chi connectivity index (χ1v) is 8.80. The number of carbonyl (C=O) groups is 1. The zero-order valence-corrected chi connectivity index (χ0v) is 14.6. The Hall–Kier alpha value is -2.57. The van der Waals surface area contributed by atoms with Crippen LogP contribution in [0.1, 0.15) is 47.8 Å². The van der Waals surface area contributed by atoms with Gasteiger partial charge in [0.25, 0.3) is 11.5 Å². The molecule has 138 valence electrons. The number of benzene rings is 1. The summed E-state index contributed by atoms with van der Waals surface area (Å²) < 4.78 is 28.0. The van der Waals surface area contributed by atoms with Crippen molar-refractivity contribution in [1.29, 1.82) is 0 Å². The normalized spacial score (nSPS) is 15.0. The summed E-state index contributed by atoms with van der Waals surface area (Å²) in [5.74, 6) is -2.32. The molecule has 5 nitrogen and oxygen atoms in total. The molecular formula is C19H21F2N3O2. The van der Waals surface area contributed by atoms with E-state index in [2.05, 4.69) is 10.4 Å². The van der Waals surface area contributed by atoms with Gasteiger partial charge in [-0.1, -0.05) is 6.42 Å². The molecule has 1 N–H and O–H groups in total. The van der Waals surface area contributed by atoms with Crippen LogP contribution in [0.4, 0.5) is 8.78 Å². The molecule has 7 heteroatoms. The third-order valence-corrected chi connectivity index (χ3v) is 4.52. The summed E-state index contributed by atoms with van der Waals surface area (Å²) in [6.07, 6.45) is 4.95. The maximum absolute atomic E-state index is 13.7. The third-order valence-electron chi connectivity index (χ3n) is 4.52. The van der Waals surface area contributed by atoms with E-state index < -0.39 is 23.6 Å². The number of aromatic nitrogens is 2. The lowest BCUT2D eigenvalue weighted by Gasteiger charge is -2.16. The van der Waals surface area contributed by atoms with E-state index in [1.807, 2.05) is 0 Å². The molecule has 1 atom stereocenters. The van der Waals surface area contributed by atoms with Crippen molar-refractivity contribution in [3.63, 3.8) is 0 Å². The molecular weight excluding hydrogens is 340 g/mol. The number of carbonyl (C=O) groups excluding carboxylic acids is 1. The summed E-state index contributed by atoms with van der Waals surface area (Å²) in [4.78, 5) is 24.4. The fraction of sp³-hybridized carbons (Fsp3) is 0.421. The highest BCUT2D eigenvalue weighted by molar-refractivity contribution is 5.94. The van der Waals surface area contributed by atoms with Crippen molar-refractivity contribution in [2.75, 3.05) is 0 Å². The Morgan fingerprint density at radius 3 is 2.77 bits per heavy atom. The lowest BCUT2D eigenvalue weighted by Crippen LogP contribution is -2.39. The van der Waals surface area contributed by atoms with Gasteiger partial charge >= 0.3 is 0 Å². The van der Waals surface area contributed by atoms with Crippen LogP contribution in [-0.2, 0) is 19.4 Å². The smallest absolute Gasteiger partial charge is 0.267 e. The van der Waals surface area contributed by atoms with Crippen LogP contribution in [0, 0.1) is 11.6 Å². The summed E-state index contributed by atoms with van der Waals surface area (Å²) in [5, 5.41) is 7.07. The highest BCUT2D eigenvalue weighted by Gasteiger charge is 2.17. The molecule has 3 rings (SSSR count). The standard InChI is InChI=1S/C19H21F2N3O2/c1-12(22-19(26)15-8-7-14(20)10-16(15)21)11-24-18(25)9-13-5-3-2-4-6-17(13)23-24/h7-10,12H,2-6,11H2,1H3,(H,22,26)/t12-/m1/s1. The molecule has 1 aliphatic rings. The summed E-state index contributed by atoms with van der Waals surface area (Å²) in [6, 6.07) is 3.97. The molecule has 2 aromatic rings. The molecule has 1 aromatic carbocycles. The third kappa shape index (κ3) is 4.15. The molecule has 0 aliphatic heterocycles. The van der Waals surface area contributed by atoms with E-state index >= 15 is 0 Å². The van der Waals surface area contributed by atoms with E-state index in [9.17, 15) is 18.4 Å². The molecule has 26 heavy (non-hydrogen) atoms. The first-order chi connectivity index (χ1) is 12.4. The fourth-order valence-electron chi connectivity index (χ4n) is 3.19. The molecule has 1 aromatic heterocycles. The van der Waals surface area contributed by atoms with Gasteiger partial charge in [-0.3, -0.25) is 9.59 Å². The largest absolute Gasteiger partial charge is 0.348 e. The monoisotopic (exact) mass is 361 g/mol. The second-order valence-electron chi connectivity index (χ2n) is 6.70. The van der Waals surface area contributed by atoms with Crippen molar-refractivity contribution < 1.29 is 13.6 Å². The number of rotatable bonds is 4. The Bertz CT molecular complexity index is 880. The summed E-state index contributed by atoms with van der Waals surface area (Å²) in [6.45, 7) is 1.89. The van der Waals surface area contributed by atoms with Gasteiger partial charge in [-0.25, -0.2) is 13.5 Å². The number of amides is 1. The minimum absolute atomic E-state index is 0.181. The van der Waals surface area contributed by atoms with Crippen LogP contribution in [0.25, 0.3) is 0 Å². The zero-order valence-electron chi connectivity index (χ0n) is 14.6. The van der Waals surface area contributed by atoms with Crippen LogP contribution < -0.4 is 10.9 Å². The lowest BCUT2D eigenvalue weighted by molar-refractivity contribution is 0.0931. The number of aryl methyl sites for hydroxylation is 2. The summed E-state index contributed by atoms with van der Waals surface area (Å²) in [5.41, 5.74) is 1.50. The van der Waals surface area contributed by atoms with Gasteiger partial charge in [0, 0.05) is 18.2 Å². The van der Waals surface area contributed by atoms with Crippen LogP contribution in [0.3, 0.4) is 0 Å².